The fraction of sp³-hybridized carbons (Fsp3) is 0.462. The minimum atomic E-state index is -0.664. The van der Waals surface area contributed by atoms with Gasteiger partial charge in [0.05, 0.1) is 12.1 Å². The molecule has 0 unspecified atom stereocenters. The molecule has 1 aromatic heterocycles. The van der Waals surface area contributed by atoms with Gasteiger partial charge in [0.25, 0.3) is 0 Å². The van der Waals surface area contributed by atoms with E-state index in [1.54, 1.807) is 26.2 Å². The molecule has 0 atom stereocenters. The molecule has 1 N–H and O–H groups in total. The van der Waals surface area contributed by atoms with Crippen molar-refractivity contribution in [2.45, 2.75) is 25.8 Å². The highest BCUT2D eigenvalue weighted by Crippen LogP contribution is 2.14. The Morgan fingerprint density at radius 1 is 1.44 bits per heavy atom. The number of imide groups is 1. The van der Waals surface area contributed by atoms with Gasteiger partial charge in [-0.25, -0.2) is 0 Å². The van der Waals surface area contributed by atoms with Crippen LogP contribution >= 0.6 is 0 Å². The third-order valence-electron chi connectivity index (χ3n) is 3.11. The topological polar surface area (TPSA) is 62.3 Å². The smallest absolute Gasteiger partial charge is 0.248 e. The molecule has 1 fully saturated rings. The molecule has 1 aromatic rings. The molecule has 0 bridgehead atoms. The number of carbonyl (C=O) groups is 2. The number of aromatic nitrogens is 1. The Balaban J connectivity index is 2.03. The third-order valence-corrected chi connectivity index (χ3v) is 3.11. The average Bonchev–Trinajstić information content (AvgIpc) is 2.36. The molecule has 0 aromatic carbocycles. The lowest BCUT2D eigenvalue weighted by atomic mass is 10.00. The largest absolute Gasteiger partial charge is 0.295 e. The summed E-state index contributed by atoms with van der Waals surface area (Å²) in [7, 11) is 0. The van der Waals surface area contributed by atoms with Gasteiger partial charge in [0.2, 0.25) is 11.8 Å². The minimum absolute atomic E-state index is 0.164. The van der Waals surface area contributed by atoms with Crippen molar-refractivity contribution in [3.05, 3.63) is 30.1 Å². The van der Waals surface area contributed by atoms with Gasteiger partial charge in [-0.15, -0.1) is 0 Å². The molecule has 0 spiro atoms. The normalized spacial score (nSPS) is 19.1. The van der Waals surface area contributed by atoms with Crippen molar-refractivity contribution in [1.82, 2.24) is 15.2 Å². The number of rotatable bonds is 3. The first kappa shape index (κ1) is 12.7. The summed E-state index contributed by atoms with van der Waals surface area (Å²) in [6, 6.07) is 3.79. The zero-order valence-electron chi connectivity index (χ0n) is 10.6. The lowest BCUT2D eigenvalue weighted by molar-refractivity contribution is -0.152. The van der Waals surface area contributed by atoms with Crippen molar-refractivity contribution in [3.8, 4) is 0 Å². The summed E-state index contributed by atoms with van der Waals surface area (Å²) in [6.45, 7) is 4.21. The standard InChI is InChI=1S/C13H17N3O2/c1-13(2)12(18)16(11(17)9-15-13)7-5-10-4-3-6-14-8-10/h3-4,6,8,15H,5,7,9H2,1-2H3. The van der Waals surface area contributed by atoms with Crippen molar-refractivity contribution in [2.24, 2.45) is 0 Å². The lowest BCUT2D eigenvalue weighted by Crippen LogP contribution is -2.63. The third kappa shape index (κ3) is 2.56. The van der Waals surface area contributed by atoms with Crippen LogP contribution in [0.2, 0.25) is 0 Å². The van der Waals surface area contributed by atoms with E-state index in [9.17, 15) is 9.59 Å². The first-order chi connectivity index (χ1) is 8.50. The molecule has 0 aliphatic carbocycles. The lowest BCUT2D eigenvalue weighted by Gasteiger charge is -2.36. The molecule has 2 amide bonds. The van der Waals surface area contributed by atoms with E-state index in [2.05, 4.69) is 10.3 Å². The molecule has 1 aliphatic rings. The number of nitrogens with zero attached hydrogens (tertiary/aromatic N) is 2. The van der Waals surface area contributed by atoms with E-state index >= 15 is 0 Å². The Kier molecular flexibility index (Phi) is 3.43. The van der Waals surface area contributed by atoms with Crippen LogP contribution in [0.25, 0.3) is 0 Å². The predicted molar refractivity (Wildman–Crippen MR) is 66.7 cm³/mol. The van der Waals surface area contributed by atoms with Crippen LogP contribution < -0.4 is 5.32 Å². The molecule has 2 rings (SSSR count). The molecular formula is C13H17N3O2. The molecule has 5 heteroatoms. The summed E-state index contributed by atoms with van der Waals surface area (Å²) < 4.78 is 0. The second-order valence-corrected chi connectivity index (χ2v) is 4.94. The monoisotopic (exact) mass is 247 g/mol. The number of hydrogen-bond acceptors (Lipinski definition) is 4. The van der Waals surface area contributed by atoms with Gasteiger partial charge in [-0.1, -0.05) is 6.07 Å². The molecular weight excluding hydrogens is 230 g/mol. The van der Waals surface area contributed by atoms with Gasteiger partial charge in [-0.05, 0) is 31.9 Å². The van der Waals surface area contributed by atoms with E-state index in [4.69, 9.17) is 0 Å². The average molecular weight is 247 g/mol. The summed E-state index contributed by atoms with van der Waals surface area (Å²) >= 11 is 0. The van der Waals surface area contributed by atoms with Gasteiger partial charge in [0, 0.05) is 18.9 Å². The number of amides is 2. The summed E-state index contributed by atoms with van der Waals surface area (Å²) in [5, 5.41) is 2.93. The Bertz CT molecular complexity index is 457. The molecule has 18 heavy (non-hydrogen) atoms. The first-order valence-corrected chi connectivity index (χ1v) is 5.99. The van der Waals surface area contributed by atoms with Gasteiger partial charge >= 0.3 is 0 Å². The highest BCUT2D eigenvalue weighted by atomic mass is 16.2. The van der Waals surface area contributed by atoms with Crippen LogP contribution in [0.3, 0.4) is 0 Å². The zero-order chi connectivity index (χ0) is 13.2. The van der Waals surface area contributed by atoms with Gasteiger partial charge < -0.3 is 0 Å². The molecule has 0 saturated carbocycles. The zero-order valence-corrected chi connectivity index (χ0v) is 10.6. The fourth-order valence-electron chi connectivity index (χ4n) is 1.93. The summed E-state index contributed by atoms with van der Waals surface area (Å²) in [4.78, 5) is 29.2. The van der Waals surface area contributed by atoms with Crippen LogP contribution in [0.5, 0.6) is 0 Å². The quantitative estimate of drug-likeness (QED) is 0.783. The summed E-state index contributed by atoms with van der Waals surface area (Å²) in [6.07, 6.45) is 4.09. The van der Waals surface area contributed by atoms with Gasteiger partial charge in [-0.3, -0.25) is 24.8 Å². The van der Waals surface area contributed by atoms with Crippen LogP contribution in [0.15, 0.2) is 24.5 Å². The number of hydrogen-bond donors (Lipinski definition) is 1. The summed E-state index contributed by atoms with van der Waals surface area (Å²) in [5.41, 5.74) is 0.359. The van der Waals surface area contributed by atoms with E-state index in [0.29, 0.717) is 13.0 Å². The molecule has 0 radical (unpaired) electrons. The van der Waals surface area contributed by atoms with Crippen LogP contribution in [-0.2, 0) is 16.0 Å². The predicted octanol–water partition coefficient (Wildman–Crippen LogP) is 0.361. The maximum Gasteiger partial charge on any atom is 0.248 e. The van der Waals surface area contributed by atoms with E-state index < -0.39 is 5.54 Å². The van der Waals surface area contributed by atoms with Crippen LogP contribution in [0.4, 0.5) is 0 Å². The van der Waals surface area contributed by atoms with Crippen molar-refractivity contribution >= 4 is 11.8 Å². The van der Waals surface area contributed by atoms with E-state index in [0.717, 1.165) is 5.56 Å². The SMILES string of the molecule is CC1(C)NCC(=O)N(CCc2cccnc2)C1=O. The highest BCUT2D eigenvalue weighted by molar-refractivity contribution is 6.03. The van der Waals surface area contributed by atoms with Crippen molar-refractivity contribution in [3.63, 3.8) is 0 Å². The first-order valence-electron chi connectivity index (χ1n) is 5.99. The van der Waals surface area contributed by atoms with Gasteiger partial charge in [0.1, 0.15) is 0 Å². The Labute approximate surface area is 106 Å². The van der Waals surface area contributed by atoms with Crippen molar-refractivity contribution < 1.29 is 9.59 Å². The fourth-order valence-corrected chi connectivity index (χ4v) is 1.93. The van der Waals surface area contributed by atoms with E-state index in [-0.39, 0.29) is 18.4 Å². The van der Waals surface area contributed by atoms with Gasteiger partial charge in [-0.2, -0.15) is 0 Å². The van der Waals surface area contributed by atoms with E-state index in [1.165, 1.54) is 4.90 Å². The second-order valence-electron chi connectivity index (χ2n) is 4.94. The highest BCUT2D eigenvalue weighted by Gasteiger charge is 2.39. The van der Waals surface area contributed by atoms with Gasteiger partial charge in [0.15, 0.2) is 0 Å². The maximum atomic E-state index is 12.1. The Morgan fingerprint density at radius 2 is 2.22 bits per heavy atom. The number of carbonyl (C=O) groups excluding carboxylic acids is 2. The second kappa shape index (κ2) is 4.86. The molecule has 5 nitrogen and oxygen atoms in total. The number of piperazine rings is 1. The summed E-state index contributed by atoms with van der Waals surface area (Å²) in [5.74, 6) is -0.328. The van der Waals surface area contributed by atoms with Crippen molar-refractivity contribution in [1.29, 1.82) is 0 Å². The molecule has 1 saturated heterocycles. The van der Waals surface area contributed by atoms with Crippen LogP contribution in [-0.4, -0.2) is 40.3 Å². The minimum Gasteiger partial charge on any atom is -0.295 e. The molecule has 2 heterocycles. The Morgan fingerprint density at radius 3 is 2.89 bits per heavy atom. The maximum absolute atomic E-state index is 12.1. The van der Waals surface area contributed by atoms with Crippen LogP contribution in [0.1, 0.15) is 19.4 Å². The number of nitrogens with one attached hydrogen (secondary N) is 1. The van der Waals surface area contributed by atoms with E-state index in [1.807, 2.05) is 12.1 Å². The molecule has 96 valence electrons. The molecule has 1 aliphatic heterocycles. The Hall–Kier alpha value is -1.75. The number of pyridine rings is 1. The van der Waals surface area contributed by atoms with Crippen molar-refractivity contribution in [2.75, 3.05) is 13.1 Å². The van der Waals surface area contributed by atoms with Crippen LogP contribution in [0, 0.1) is 0 Å².